The fourth-order valence-corrected chi connectivity index (χ4v) is 5.59. The fraction of sp³-hybridized carbons (Fsp3) is 0.394. The molecule has 2 aliphatic rings. The van der Waals surface area contributed by atoms with Crippen LogP contribution in [0.25, 0.3) is 5.57 Å². The number of halogens is 1. The lowest BCUT2D eigenvalue weighted by molar-refractivity contribution is 0.223. The summed E-state index contributed by atoms with van der Waals surface area (Å²) < 4.78 is 6.04. The number of benzene rings is 3. The molecule has 3 heteroatoms. The summed E-state index contributed by atoms with van der Waals surface area (Å²) in [6.07, 6.45) is 5.66. The van der Waals surface area contributed by atoms with Crippen LogP contribution < -0.4 is 4.74 Å². The summed E-state index contributed by atoms with van der Waals surface area (Å²) in [5, 5.41) is 0. The summed E-state index contributed by atoms with van der Waals surface area (Å²) in [6, 6.07) is 26.8. The Morgan fingerprint density at radius 2 is 1.28 bits per heavy atom. The van der Waals surface area contributed by atoms with Crippen molar-refractivity contribution in [2.24, 2.45) is 0 Å². The van der Waals surface area contributed by atoms with Gasteiger partial charge in [-0.2, -0.15) is 0 Å². The molecule has 0 saturated carbocycles. The van der Waals surface area contributed by atoms with E-state index in [1.54, 1.807) is 5.57 Å². The molecule has 36 heavy (non-hydrogen) atoms. The molecule has 0 unspecified atom stereocenters. The van der Waals surface area contributed by atoms with Crippen LogP contribution in [0.15, 0.2) is 78.4 Å². The number of nitrogens with zero attached hydrogens (tertiary/aromatic N) is 1. The third-order valence-corrected chi connectivity index (χ3v) is 7.66. The van der Waals surface area contributed by atoms with Crippen LogP contribution in [0.2, 0.25) is 0 Å². The number of hydrogen-bond acceptors (Lipinski definition) is 2. The largest absolute Gasteiger partial charge is 0.494 e. The molecule has 2 nitrogen and oxygen atoms in total. The van der Waals surface area contributed by atoms with Crippen LogP contribution in [0.1, 0.15) is 67.9 Å². The number of aryl methyl sites for hydroxylation is 2. The first-order valence-corrected chi connectivity index (χ1v) is 13.3. The first-order chi connectivity index (χ1) is 17.0. The van der Waals surface area contributed by atoms with Gasteiger partial charge < -0.3 is 9.64 Å². The standard InChI is InChI=1S/C33H39NO.ClH/c1-33(2,3)28-15-17-29(18-16-28)35-24-8-21-34-22-19-27(20-23-34)32-30-11-6-4-9-25(30)13-14-26-10-5-7-12-31(26)32;/h4-7,9-12,15-18H,8,13-14,19-24H2,1-3H3;1H. The van der Waals surface area contributed by atoms with E-state index in [1.165, 1.54) is 33.4 Å². The second-order valence-electron chi connectivity index (χ2n) is 11.1. The molecule has 0 atom stereocenters. The van der Waals surface area contributed by atoms with E-state index in [0.29, 0.717) is 0 Å². The monoisotopic (exact) mass is 501 g/mol. The van der Waals surface area contributed by atoms with Crippen LogP contribution >= 0.6 is 12.4 Å². The second kappa shape index (κ2) is 11.7. The van der Waals surface area contributed by atoms with Gasteiger partial charge in [0.15, 0.2) is 0 Å². The van der Waals surface area contributed by atoms with E-state index in [0.717, 1.165) is 64.1 Å². The van der Waals surface area contributed by atoms with Crippen LogP contribution in [-0.4, -0.2) is 31.1 Å². The minimum atomic E-state index is 0. The van der Waals surface area contributed by atoms with Gasteiger partial charge in [-0.3, -0.25) is 0 Å². The summed E-state index contributed by atoms with van der Waals surface area (Å²) in [5.74, 6) is 0.981. The number of likely N-dealkylation sites (tertiary alicyclic amines) is 1. The molecule has 5 rings (SSSR count). The molecule has 0 spiro atoms. The first kappa shape index (κ1) is 26.5. The summed E-state index contributed by atoms with van der Waals surface area (Å²) in [4.78, 5) is 2.62. The van der Waals surface area contributed by atoms with Gasteiger partial charge in [0.2, 0.25) is 0 Å². The molecule has 3 aromatic rings. The van der Waals surface area contributed by atoms with E-state index < -0.39 is 0 Å². The minimum absolute atomic E-state index is 0. The molecule has 190 valence electrons. The Morgan fingerprint density at radius 3 is 1.83 bits per heavy atom. The van der Waals surface area contributed by atoms with Gasteiger partial charge in [0.05, 0.1) is 6.61 Å². The maximum Gasteiger partial charge on any atom is 0.119 e. The molecule has 1 aliphatic heterocycles. The Labute approximate surface area is 223 Å². The minimum Gasteiger partial charge on any atom is -0.494 e. The molecular weight excluding hydrogens is 462 g/mol. The molecule has 1 fully saturated rings. The first-order valence-electron chi connectivity index (χ1n) is 13.3. The van der Waals surface area contributed by atoms with Crippen LogP contribution in [-0.2, 0) is 18.3 Å². The number of fused-ring (bicyclic) bond motifs is 2. The molecule has 1 saturated heterocycles. The molecule has 0 N–H and O–H groups in total. The van der Waals surface area contributed by atoms with Gasteiger partial charge in [0, 0.05) is 19.6 Å². The molecule has 0 amide bonds. The fourth-order valence-electron chi connectivity index (χ4n) is 5.59. The Balaban J connectivity index is 0.00000304. The van der Waals surface area contributed by atoms with Crippen LogP contribution in [0.5, 0.6) is 5.75 Å². The second-order valence-corrected chi connectivity index (χ2v) is 11.1. The van der Waals surface area contributed by atoms with Gasteiger partial charge >= 0.3 is 0 Å². The van der Waals surface area contributed by atoms with E-state index in [9.17, 15) is 0 Å². The van der Waals surface area contributed by atoms with Crippen molar-refractivity contribution in [2.45, 2.75) is 58.3 Å². The van der Waals surface area contributed by atoms with Gasteiger partial charge in [-0.1, -0.05) is 87.0 Å². The third kappa shape index (κ3) is 6.05. The van der Waals surface area contributed by atoms with Crippen LogP contribution in [0.3, 0.4) is 0 Å². The predicted octanol–water partition coefficient (Wildman–Crippen LogP) is 7.87. The predicted molar refractivity (Wildman–Crippen MR) is 154 cm³/mol. The lowest BCUT2D eigenvalue weighted by Crippen LogP contribution is -2.32. The summed E-state index contributed by atoms with van der Waals surface area (Å²) in [7, 11) is 0. The molecule has 0 radical (unpaired) electrons. The van der Waals surface area contributed by atoms with Crippen molar-refractivity contribution in [1.29, 1.82) is 0 Å². The normalized spacial score (nSPS) is 16.0. The van der Waals surface area contributed by atoms with Crippen molar-refractivity contribution >= 4 is 18.0 Å². The quantitative estimate of drug-likeness (QED) is 0.330. The van der Waals surface area contributed by atoms with Gasteiger partial charge in [0.25, 0.3) is 0 Å². The number of hydrogen-bond donors (Lipinski definition) is 0. The SMILES string of the molecule is CC(C)(C)c1ccc(OCCCN2CCC(=C3c4ccccc4CCc4ccccc43)CC2)cc1.Cl. The van der Waals surface area contributed by atoms with E-state index in [-0.39, 0.29) is 17.8 Å². The summed E-state index contributed by atoms with van der Waals surface area (Å²) >= 11 is 0. The van der Waals surface area contributed by atoms with Gasteiger partial charge in [0.1, 0.15) is 5.75 Å². The molecule has 0 aromatic heterocycles. The maximum absolute atomic E-state index is 6.04. The number of piperidine rings is 1. The van der Waals surface area contributed by atoms with Gasteiger partial charge in [-0.15, -0.1) is 12.4 Å². The highest BCUT2D eigenvalue weighted by Crippen LogP contribution is 2.38. The van der Waals surface area contributed by atoms with Gasteiger partial charge in [-0.05, 0) is 83.0 Å². The highest BCUT2D eigenvalue weighted by molar-refractivity contribution is 5.86. The Kier molecular flexibility index (Phi) is 8.59. The molecule has 3 aromatic carbocycles. The Bertz CT molecular complexity index is 1130. The van der Waals surface area contributed by atoms with Crippen molar-refractivity contribution in [2.75, 3.05) is 26.2 Å². The third-order valence-electron chi connectivity index (χ3n) is 7.66. The van der Waals surface area contributed by atoms with Crippen molar-refractivity contribution in [1.82, 2.24) is 4.90 Å². The average molecular weight is 502 g/mol. The van der Waals surface area contributed by atoms with E-state index in [4.69, 9.17) is 4.74 Å². The average Bonchev–Trinajstić information content (AvgIpc) is 3.04. The van der Waals surface area contributed by atoms with Crippen LogP contribution in [0, 0.1) is 0 Å². The van der Waals surface area contributed by atoms with Crippen LogP contribution in [0.4, 0.5) is 0 Å². The number of ether oxygens (including phenoxy) is 1. The highest BCUT2D eigenvalue weighted by atomic mass is 35.5. The smallest absolute Gasteiger partial charge is 0.119 e. The zero-order chi connectivity index (χ0) is 24.3. The Hall–Kier alpha value is -2.55. The Morgan fingerprint density at radius 1 is 0.722 bits per heavy atom. The lowest BCUT2D eigenvalue weighted by atomic mass is 9.86. The zero-order valence-corrected chi connectivity index (χ0v) is 22.9. The number of rotatable bonds is 5. The van der Waals surface area contributed by atoms with E-state index >= 15 is 0 Å². The molecule has 1 aliphatic carbocycles. The van der Waals surface area contributed by atoms with Crippen molar-refractivity contribution in [3.8, 4) is 5.75 Å². The van der Waals surface area contributed by atoms with Crippen molar-refractivity contribution in [3.63, 3.8) is 0 Å². The molecular formula is C33H40ClNO. The summed E-state index contributed by atoms with van der Waals surface area (Å²) in [5.41, 5.74) is 10.6. The molecule has 1 heterocycles. The topological polar surface area (TPSA) is 12.5 Å². The van der Waals surface area contributed by atoms with Crippen molar-refractivity contribution in [3.05, 3.63) is 106 Å². The van der Waals surface area contributed by atoms with E-state index in [2.05, 4.69) is 98.5 Å². The maximum atomic E-state index is 6.04. The summed E-state index contributed by atoms with van der Waals surface area (Å²) in [6.45, 7) is 10.9. The lowest BCUT2D eigenvalue weighted by Gasteiger charge is -2.30. The highest BCUT2D eigenvalue weighted by Gasteiger charge is 2.23. The molecule has 0 bridgehead atoms. The zero-order valence-electron chi connectivity index (χ0n) is 22.1. The van der Waals surface area contributed by atoms with Gasteiger partial charge in [-0.25, -0.2) is 0 Å². The van der Waals surface area contributed by atoms with Crippen molar-refractivity contribution < 1.29 is 4.74 Å². The van der Waals surface area contributed by atoms with E-state index in [1.807, 2.05) is 0 Å².